The van der Waals surface area contributed by atoms with E-state index in [4.69, 9.17) is 14.9 Å². The largest absolute Gasteiger partial charge is 0.480 e. The van der Waals surface area contributed by atoms with E-state index in [0.29, 0.717) is 18.4 Å². The molecule has 0 radical (unpaired) electrons. The molecular weight excluding hydrogens is 439 g/mol. The Hall–Kier alpha value is -2.64. The lowest BCUT2D eigenvalue weighted by Gasteiger charge is -2.28. The van der Waals surface area contributed by atoms with Crippen LogP contribution in [0.25, 0.3) is 22.4 Å². The summed E-state index contributed by atoms with van der Waals surface area (Å²) >= 11 is 1.67. The molecule has 1 aliphatic rings. The van der Waals surface area contributed by atoms with Gasteiger partial charge in [-0.25, -0.2) is 9.18 Å². The Morgan fingerprint density at radius 3 is 2.36 bits per heavy atom. The molecule has 4 rings (SSSR count). The van der Waals surface area contributed by atoms with Gasteiger partial charge in [-0.3, -0.25) is 4.68 Å². The van der Waals surface area contributed by atoms with Gasteiger partial charge in [0, 0.05) is 17.7 Å². The molecule has 0 atom stereocenters. The zero-order valence-corrected chi connectivity index (χ0v) is 19.6. The molecule has 5 nitrogen and oxygen atoms in total. The Morgan fingerprint density at radius 2 is 1.73 bits per heavy atom. The van der Waals surface area contributed by atoms with Gasteiger partial charge in [0.15, 0.2) is 0 Å². The molecule has 33 heavy (non-hydrogen) atoms. The van der Waals surface area contributed by atoms with E-state index in [0.717, 1.165) is 59.6 Å². The van der Waals surface area contributed by atoms with E-state index in [2.05, 4.69) is 23.1 Å². The molecular formula is C26H29FN2O3S. The van der Waals surface area contributed by atoms with Crippen molar-refractivity contribution in [2.24, 2.45) is 11.8 Å². The van der Waals surface area contributed by atoms with Crippen molar-refractivity contribution < 1.29 is 19.0 Å². The number of hydrogen-bond acceptors (Lipinski definition) is 4. The van der Waals surface area contributed by atoms with Crippen LogP contribution in [0.3, 0.4) is 0 Å². The highest BCUT2D eigenvalue weighted by molar-refractivity contribution is 7.98. The summed E-state index contributed by atoms with van der Waals surface area (Å²) in [5.41, 5.74) is 3.97. The summed E-state index contributed by atoms with van der Waals surface area (Å²) in [6, 6.07) is 16.8. The molecule has 174 valence electrons. The zero-order valence-electron chi connectivity index (χ0n) is 18.7. The fraction of sp³-hybridized carbons (Fsp3) is 0.385. The van der Waals surface area contributed by atoms with Crippen LogP contribution in [-0.2, 0) is 16.1 Å². The molecule has 3 aromatic rings. The van der Waals surface area contributed by atoms with Crippen LogP contribution in [-0.4, -0.2) is 40.3 Å². The number of thioether (sulfide) groups is 1. The number of carboxylic acid groups (broad SMARTS) is 1. The summed E-state index contributed by atoms with van der Waals surface area (Å²) in [7, 11) is 0. The van der Waals surface area contributed by atoms with Gasteiger partial charge in [-0.15, -0.1) is 11.8 Å². The summed E-state index contributed by atoms with van der Waals surface area (Å²) in [4.78, 5) is 10.7. The standard InChI is InChI=1S/C26H29FN2O3S/c1-33-26-24(20-11-13-22(27)14-12-20)25(21-5-3-2-4-6-21)28-29(26)15-18-7-9-19(10-8-18)16-32-17-23(30)31/h2-6,11-14,18-19H,7-10,15-17H2,1H3,(H,30,31). The number of hydrogen-bond donors (Lipinski definition) is 1. The van der Waals surface area contributed by atoms with E-state index in [1.165, 1.54) is 12.1 Å². The molecule has 0 unspecified atom stereocenters. The Morgan fingerprint density at radius 1 is 1.06 bits per heavy atom. The first-order chi connectivity index (χ1) is 16.0. The Balaban J connectivity index is 1.55. The lowest BCUT2D eigenvalue weighted by atomic mass is 9.82. The molecule has 2 aromatic carbocycles. The van der Waals surface area contributed by atoms with Crippen LogP contribution >= 0.6 is 11.8 Å². The van der Waals surface area contributed by atoms with E-state index in [9.17, 15) is 9.18 Å². The fourth-order valence-corrected chi connectivity index (χ4v) is 5.34. The SMILES string of the molecule is CSc1c(-c2ccc(F)cc2)c(-c2ccccc2)nn1CC1CCC(COCC(=O)O)CC1. The van der Waals surface area contributed by atoms with Gasteiger partial charge in [0.2, 0.25) is 0 Å². The van der Waals surface area contributed by atoms with E-state index >= 15 is 0 Å². The van der Waals surface area contributed by atoms with Crippen LogP contribution in [0.15, 0.2) is 59.6 Å². The second kappa shape index (κ2) is 11.0. The highest BCUT2D eigenvalue weighted by Gasteiger charge is 2.26. The minimum atomic E-state index is -0.918. The minimum Gasteiger partial charge on any atom is -0.480 e. The minimum absolute atomic E-state index is 0.223. The smallest absolute Gasteiger partial charge is 0.329 e. The first-order valence-electron chi connectivity index (χ1n) is 11.3. The van der Waals surface area contributed by atoms with Crippen molar-refractivity contribution in [1.82, 2.24) is 9.78 Å². The second-order valence-electron chi connectivity index (χ2n) is 8.58. The van der Waals surface area contributed by atoms with Crippen molar-refractivity contribution in [2.75, 3.05) is 19.5 Å². The quantitative estimate of drug-likeness (QED) is 0.391. The molecule has 1 aliphatic carbocycles. The molecule has 7 heteroatoms. The average molecular weight is 469 g/mol. The van der Waals surface area contributed by atoms with Crippen molar-refractivity contribution in [3.8, 4) is 22.4 Å². The molecule has 1 saturated carbocycles. The second-order valence-corrected chi connectivity index (χ2v) is 9.38. The molecule has 0 amide bonds. The lowest BCUT2D eigenvalue weighted by Crippen LogP contribution is -2.23. The van der Waals surface area contributed by atoms with Crippen molar-refractivity contribution in [3.63, 3.8) is 0 Å². The first-order valence-corrected chi connectivity index (χ1v) is 12.5. The maximum absolute atomic E-state index is 13.6. The number of ether oxygens (including phenoxy) is 1. The van der Waals surface area contributed by atoms with E-state index < -0.39 is 5.97 Å². The number of halogens is 1. The van der Waals surface area contributed by atoms with Crippen LogP contribution < -0.4 is 0 Å². The van der Waals surface area contributed by atoms with Gasteiger partial charge in [0.05, 0.1) is 6.61 Å². The molecule has 0 bridgehead atoms. The van der Waals surface area contributed by atoms with Crippen molar-refractivity contribution in [1.29, 1.82) is 0 Å². The maximum Gasteiger partial charge on any atom is 0.329 e. The van der Waals surface area contributed by atoms with Gasteiger partial charge in [0.1, 0.15) is 23.1 Å². The zero-order chi connectivity index (χ0) is 23.2. The Labute approximate surface area is 198 Å². The molecule has 0 spiro atoms. The maximum atomic E-state index is 13.6. The number of rotatable bonds is 9. The molecule has 1 aromatic heterocycles. The Kier molecular flexibility index (Phi) is 7.83. The van der Waals surface area contributed by atoms with Crippen molar-refractivity contribution >= 4 is 17.7 Å². The van der Waals surface area contributed by atoms with Gasteiger partial charge in [-0.2, -0.15) is 5.10 Å². The van der Waals surface area contributed by atoms with Crippen LogP contribution in [0.1, 0.15) is 25.7 Å². The number of aliphatic carboxylic acids is 1. The van der Waals surface area contributed by atoms with E-state index in [1.54, 1.807) is 11.8 Å². The summed E-state index contributed by atoms with van der Waals surface area (Å²) < 4.78 is 21.0. The summed E-state index contributed by atoms with van der Waals surface area (Å²) in [6.07, 6.45) is 6.28. The molecule has 0 aliphatic heterocycles. The molecule has 0 saturated heterocycles. The third-order valence-electron chi connectivity index (χ3n) is 6.26. The summed E-state index contributed by atoms with van der Waals surface area (Å²) in [6.45, 7) is 1.13. The summed E-state index contributed by atoms with van der Waals surface area (Å²) in [5, 5.41) is 14.9. The molecule has 1 N–H and O–H groups in total. The highest BCUT2D eigenvalue weighted by Crippen LogP contribution is 2.40. The van der Waals surface area contributed by atoms with Gasteiger partial charge >= 0.3 is 5.97 Å². The first kappa shape index (κ1) is 23.5. The molecule has 1 fully saturated rings. The Bertz CT molecular complexity index is 1060. The van der Waals surface area contributed by atoms with Crippen LogP contribution in [0.2, 0.25) is 0 Å². The van der Waals surface area contributed by atoms with Gasteiger partial charge in [-0.05, 0) is 61.5 Å². The monoisotopic (exact) mass is 468 g/mol. The van der Waals surface area contributed by atoms with E-state index in [-0.39, 0.29) is 12.4 Å². The lowest BCUT2D eigenvalue weighted by molar-refractivity contribution is -0.142. The van der Waals surface area contributed by atoms with Crippen LogP contribution in [0, 0.1) is 17.7 Å². The highest BCUT2D eigenvalue weighted by atomic mass is 32.2. The van der Waals surface area contributed by atoms with Crippen LogP contribution in [0.4, 0.5) is 4.39 Å². The normalized spacial score (nSPS) is 18.4. The number of benzene rings is 2. The number of aromatic nitrogens is 2. The topological polar surface area (TPSA) is 64.4 Å². The van der Waals surface area contributed by atoms with Crippen molar-refractivity contribution in [3.05, 3.63) is 60.4 Å². The van der Waals surface area contributed by atoms with Crippen molar-refractivity contribution in [2.45, 2.75) is 37.3 Å². The van der Waals surface area contributed by atoms with Gasteiger partial charge in [0.25, 0.3) is 0 Å². The number of carbonyl (C=O) groups is 1. The number of nitrogens with zero attached hydrogens (tertiary/aromatic N) is 2. The average Bonchev–Trinajstić information content (AvgIpc) is 3.19. The predicted octanol–water partition coefficient (Wildman–Crippen LogP) is 5.99. The van der Waals surface area contributed by atoms with E-state index in [1.807, 2.05) is 30.3 Å². The molecule has 1 heterocycles. The van der Waals surface area contributed by atoms with Gasteiger partial charge < -0.3 is 9.84 Å². The third-order valence-corrected chi connectivity index (χ3v) is 7.06. The van der Waals surface area contributed by atoms with Gasteiger partial charge in [-0.1, -0.05) is 42.5 Å². The third kappa shape index (κ3) is 5.84. The summed E-state index contributed by atoms with van der Waals surface area (Å²) in [5.74, 6) is -0.232. The van der Waals surface area contributed by atoms with Crippen LogP contribution in [0.5, 0.6) is 0 Å². The fourth-order valence-electron chi connectivity index (χ4n) is 4.59. The predicted molar refractivity (Wildman–Crippen MR) is 129 cm³/mol. The number of carboxylic acids is 1.